The van der Waals surface area contributed by atoms with Gasteiger partial charge in [0.05, 0.1) is 12.2 Å². The van der Waals surface area contributed by atoms with Gasteiger partial charge in [-0.15, -0.1) is 17.7 Å². The third-order valence-electron chi connectivity index (χ3n) is 4.68. The minimum absolute atomic E-state index is 0.139. The molecule has 31 heavy (non-hydrogen) atoms. The molecular formula is C23H23N7S. The largest absolute Gasteiger partial charge is 0.382 e. The molecular weight excluding hydrogens is 406 g/mol. The maximum atomic E-state index is 9.42. The van der Waals surface area contributed by atoms with Gasteiger partial charge in [-0.3, -0.25) is 0 Å². The van der Waals surface area contributed by atoms with Crippen LogP contribution < -0.4 is 11.1 Å². The fourth-order valence-corrected chi connectivity index (χ4v) is 3.63. The summed E-state index contributed by atoms with van der Waals surface area (Å²) in [5.74, 6) is 0.520. The second-order valence-corrected chi connectivity index (χ2v) is 6.96. The Morgan fingerprint density at radius 3 is 2.58 bits per heavy atom. The van der Waals surface area contributed by atoms with Gasteiger partial charge in [-0.05, 0) is 30.2 Å². The lowest BCUT2D eigenvalue weighted by atomic mass is 9.92. The van der Waals surface area contributed by atoms with E-state index in [1.807, 2.05) is 63.2 Å². The van der Waals surface area contributed by atoms with Crippen LogP contribution in [0.15, 0.2) is 59.9 Å². The zero-order chi connectivity index (χ0) is 22.4. The predicted octanol–water partition coefficient (Wildman–Crippen LogP) is 5.03. The summed E-state index contributed by atoms with van der Waals surface area (Å²) in [5.41, 5.74) is 9.72. The second-order valence-electron chi connectivity index (χ2n) is 6.48. The molecule has 0 radical (unpaired) electrons. The molecule has 0 aliphatic rings. The van der Waals surface area contributed by atoms with E-state index >= 15 is 0 Å². The standard InChI is InChI=1S/C21H17N7S.C2H6/c1-12(27-21-16(10-22)20(23)24-11-25-21)15-9-17(29)14-7-8-26-28-19(14)18(15)13-5-3-2-4-6-13;1-2/h2-9,11-12,29H,1H3,(H3,23,24,25,27);1-2H3. The van der Waals surface area contributed by atoms with Crippen LogP contribution in [0.1, 0.15) is 37.9 Å². The van der Waals surface area contributed by atoms with Crippen molar-refractivity contribution in [2.45, 2.75) is 31.7 Å². The molecule has 2 aromatic carbocycles. The Hall–Kier alpha value is -3.70. The molecule has 4 rings (SSSR count). The monoisotopic (exact) mass is 429 g/mol. The lowest BCUT2D eigenvalue weighted by Gasteiger charge is -2.21. The number of aromatic nitrogens is 4. The molecule has 0 fully saturated rings. The molecule has 0 spiro atoms. The van der Waals surface area contributed by atoms with Crippen molar-refractivity contribution < 1.29 is 0 Å². The molecule has 4 aromatic rings. The van der Waals surface area contributed by atoms with Gasteiger partial charge in [-0.2, -0.15) is 10.4 Å². The molecule has 0 saturated carbocycles. The van der Waals surface area contributed by atoms with E-state index in [1.54, 1.807) is 6.20 Å². The van der Waals surface area contributed by atoms with Crippen molar-refractivity contribution in [1.82, 2.24) is 20.2 Å². The SMILES string of the molecule is CC.CC(Nc1ncnc(N)c1C#N)c1cc(S)c2ccnnc2c1-c1ccccc1. The number of hydrogen-bond acceptors (Lipinski definition) is 8. The first-order chi connectivity index (χ1) is 15.1. The molecule has 1 unspecified atom stereocenters. The summed E-state index contributed by atoms with van der Waals surface area (Å²) in [6, 6.07) is 15.7. The summed E-state index contributed by atoms with van der Waals surface area (Å²) in [4.78, 5) is 8.87. The van der Waals surface area contributed by atoms with Crippen LogP contribution >= 0.6 is 12.6 Å². The van der Waals surface area contributed by atoms with Gasteiger partial charge in [0.2, 0.25) is 0 Å². The summed E-state index contributed by atoms with van der Waals surface area (Å²) in [6.07, 6.45) is 2.99. The van der Waals surface area contributed by atoms with Crippen LogP contribution in [0.25, 0.3) is 22.0 Å². The average molecular weight is 430 g/mol. The number of nitrogens with two attached hydrogens (primary N) is 1. The molecule has 0 bridgehead atoms. The number of fused-ring (bicyclic) bond motifs is 1. The summed E-state index contributed by atoms with van der Waals surface area (Å²) in [5, 5.41) is 22.1. The van der Waals surface area contributed by atoms with Crippen LogP contribution in [0.5, 0.6) is 0 Å². The molecule has 0 saturated heterocycles. The van der Waals surface area contributed by atoms with E-state index < -0.39 is 0 Å². The number of nitrogens with zero attached hydrogens (tertiary/aromatic N) is 5. The van der Waals surface area contributed by atoms with Gasteiger partial charge in [0.1, 0.15) is 35.1 Å². The van der Waals surface area contributed by atoms with Crippen LogP contribution in [-0.2, 0) is 0 Å². The molecule has 2 aromatic heterocycles. The Kier molecular flexibility index (Phi) is 7.00. The Bertz CT molecular complexity index is 1240. The number of rotatable bonds is 4. The van der Waals surface area contributed by atoms with Gasteiger partial charge in [0, 0.05) is 15.8 Å². The fourth-order valence-electron chi connectivity index (χ4n) is 3.31. The highest BCUT2D eigenvalue weighted by atomic mass is 32.1. The first-order valence-corrected chi connectivity index (χ1v) is 10.3. The highest BCUT2D eigenvalue weighted by Gasteiger charge is 2.20. The summed E-state index contributed by atoms with van der Waals surface area (Å²) < 4.78 is 0. The van der Waals surface area contributed by atoms with E-state index in [0.717, 1.165) is 32.5 Å². The van der Waals surface area contributed by atoms with E-state index in [1.165, 1.54) is 6.33 Å². The summed E-state index contributed by atoms with van der Waals surface area (Å²) in [6.45, 7) is 5.98. The first-order valence-electron chi connectivity index (χ1n) is 9.90. The number of benzene rings is 2. The van der Waals surface area contributed by atoms with Crippen molar-refractivity contribution in [2.24, 2.45) is 0 Å². The van der Waals surface area contributed by atoms with Crippen LogP contribution in [0.4, 0.5) is 11.6 Å². The minimum Gasteiger partial charge on any atom is -0.382 e. The molecule has 8 heteroatoms. The average Bonchev–Trinajstić information content (AvgIpc) is 2.81. The summed E-state index contributed by atoms with van der Waals surface area (Å²) >= 11 is 4.66. The molecule has 7 nitrogen and oxygen atoms in total. The van der Waals surface area contributed by atoms with Crippen molar-refractivity contribution in [1.29, 1.82) is 5.26 Å². The zero-order valence-electron chi connectivity index (χ0n) is 17.5. The maximum absolute atomic E-state index is 9.42. The third kappa shape index (κ3) is 4.42. The summed E-state index contributed by atoms with van der Waals surface area (Å²) in [7, 11) is 0. The van der Waals surface area contributed by atoms with Crippen LogP contribution in [0, 0.1) is 11.3 Å². The normalized spacial score (nSPS) is 11.2. The quantitative estimate of drug-likeness (QED) is 0.390. The molecule has 1 atom stereocenters. The third-order valence-corrected chi connectivity index (χ3v) is 5.05. The van der Waals surface area contributed by atoms with Crippen molar-refractivity contribution in [3.8, 4) is 17.2 Å². The smallest absolute Gasteiger partial charge is 0.150 e. The van der Waals surface area contributed by atoms with Crippen LogP contribution in [-0.4, -0.2) is 20.2 Å². The highest BCUT2D eigenvalue weighted by Crippen LogP contribution is 2.38. The van der Waals surface area contributed by atoms with Gasteiger partial charge in [0.25, 0.3) is 0 Å². The van der Waals surface area contributed by atoms with Crippen molar-refractivity contribution in [3.63, 3.8) is 0 Å². The minimum atomic E-state index is -0.219. The fraction of sp³-hybridized carbons (Fsp3) is 0.174. The van der Waals surface area contributed by atoms with Crippen molar-refractivity contribution >= 4 is 35.2 Å². The number of anilines is 2. The molecule has 0 amide bonds. The lowest BCUT2D eigenvalue weighted by molar-refractivity contribution is 0.870. The lowest BCUT2D eigenvalue weighted by Crippen LogP contribution is -2.12. The maximum Gasteiger partial charge on any atom is 0.150 e. The van der Waals surface area contributed by atoms with Gasteiger partial charge >= 0.3 is 0 Å². The van der Waals surface area contributed by atoms with Gasteiger partial charge < -0.3 is 11.1 Å². The van der Waals surface area contributed by atoms with Crippen LogP contribution in [0.2, 0.25) is 0 Å². The number of nitriles is 1. The van der Waals surface area contributed by atoms with Crippen molar-refractivity contribution in [3.05, 3.63) is 66.1 Å². The van der Waals surface area contributed by atoms with E-state index in [9.17, 15) is 5.26 Å². The number of nitrogens with one attached hydrogen (secondary N) is 1. The Balaban J connectivity index is 0.00000132. The molecule has 156 valence electrons. The second kappa shape index (κ2) is 9.87. The Morgan fingerprint density at radius 1 is 1.13 bits per heavy atom. The first kappa shape index (κ1) is 22.0. The highest BCUT2D eigenvalue weighted by molar-refractivity contribution is 7.80. The number of hydrogen-bond donors (Lipinski definition) is 3. The Morgan fingerprint density at radius 2 is 1.87 bits per heavy atom. The molecule has 0 aliphatic carbocycles. The van der Waals surface area contributed by atoms with Gasteiger partial charge in [0.15, 0.2) is 0 Å². The Labute approximate surface area is 186 Å². The molecule has 0 aliphatic heterocycles. The van der Waals surface area contributed by atoms with Crippen LogP contribution in [0.3, 0.4) is 0 Å². The van der Waals surface area contributed by atoms with Gasteiger partial charge in [-0.1, -0.05) is 44.2 Å². The van der Waals surface area contributed by atoms with Gasteiger partial charge in [-0.25, -0.2) is 9.97 Å². The predicted molar refractivity (Wildman–Crippen MR) is 127 cm³/mol. The molecule has 2 heterocycles. The van der Waals surface area contributed by atoms with E-state index in [-0.39, 0.29) is 17.4 Å². The zero-order valence-corrected chi connectivity index (χ0v) is 18.4. The van der Waals surface area contributed by atoms with E-state index in [4.69, 9.17) is 5.73 Å². The van der Waals surface area contributed by atoms with Crippen molar-refractivity contribution in [2.75, 3.05) is 11.1 Å². The topological polar surface area (TPSA) is 113 Å². The van der Waals surface area contributed by atoms with E-state index in [2.05, 4.69) is 44.2 Å². The molecule has 3 N–H and O–H groups in total. The number of nitrogen functional groups attached to an aromatic ring is 1. The number of thiol groups is 1. The van der Waals surface area contributed by atoms with E-state index in [0.29, 0.717) is 5.82 Å².